The average Bonchev–Trinajstić information content (AvgIpc) is 2.54. The summed E-state index contributed by atoms with van der Waals surface area (Å²) >= 11 is 3.40. The number of carbonyl (C=O) groups is 2. The quantitative estimate of drug-likeness (QED) is 0.674. The zero-order valence-electron chi connectivity index (χ0n) is 15.6. The fraction of sp³-hybridized carbons (Fsp3) is 0.579. The molecule has 3 rings (SSSR count). The van der Waals surface area contributed by atoms with E-state index in [0.29, 0.717) is 49.4 Å². The van der Waals surface area contributed by atoms with Crippen molar-refractivity contribution in [1.82, 2.24) is 4.90 Å². The molecule has 1 aromatic carbocycles. The van der Waals surface area contributed by atoms with Gasteiger partial charge in [-0.1, -0.05) is 15.9 Å². The molecule has 0 bridgehead atoms. The number of hydrogen-bond donors (Lipinski definition) is 0. The van der Waals surface area contributed by atoms with E-state index in [1.807, 2.05) is 20.8 Å². The molecular formula is C19H24BrNO5. The van der Waals surface area contributed by atoms with Crippen LogP contribution in [0, 0.1) is 0 Å². The first-order valence-corrected chi connectivity index (χ1v) is 9.49. The fourth-order valence-electron chi connectivity index (χ4n) is 3.38. The van der Waals surface area contributed by atoms with E-state index >= 15 is 0 Å². The van der Waals surface area contributed by atoms with Crippen LogP contribution in [0.4, 0.5) is 4.79 Å². The maximum Gasteiger partial charge on any atom is 0.410 e. The lowest BCUT2D eigenvalue weighted by molar-refractivity contribution is -0.0236. The van der Waals surface area contributed by atoms with Gasteiger partial charge in [0.05, 0.1) is 19.1 Å². The summed E-state index contributed by atoms with van der Waals surface area (Å²) in [4.78, 5) is 26.7. The summed E-state index contributed by atoms with van der Waals surface area (Å²) in [5.41, 5.74) is -0.580. The highest BCUT2D eigenvalue weighted by atomic mass is 79.9. The summed E-state index contributed by atoms with van der Waals surface area (Å²) in [5, 5.41) is 0. The Labute approximate surface area is 161 Å². The molecule has 0 aliphatic carbocycles. The summed E-state index contributed by atoms with van der Waals surface area (Å²) in [6, 6.07) is 3.56. The molecule has 2 heterocycles. The maximum atomic E-state index is 12.7. The Morgan fingerprint density at radius 1 is 1.27 bits per heavy atom. The monoisotopic (exact) mass is 425 g/mol. The molecule has 0 atom stereocenters. The van der Waals surface area contributed by atoms with Crippen LogP contribution in [0.2, 0.25) is 0 Å². The minimum atomic E-state index is -0.594. The van der Waals surface area contributed by atoms with Crippen LogP contribution in [0.1, 0.15) is 50.4 Å². The van der Waals surface area contributed by atoms with Crippen LogP contribution in [0.3, 0.4) is 0 Å². The number of ether oxygens (including phenoxy) is 3. The third-order valence-electron chi connectivity index (χ3n) is 4.67. The van der Waals surface area contributed by atoms with E-state index in [4.69, 9.17) is 14.2 Å². The smallest absolute Gasteiger partial charge is 0.410 e. The van der Waals surface area contributed by atoms with Gasteiger partial charge in [0.15, 0.2) is 17.3 Å². The number of amides is 1. The van der Waals surface area contributed by atoms with Crippen molar-refractivity contribution in [3.05, 3.63) is 22.2 Å². The largest absolute Gasteiger partial charge is 0.493 e. The zero-order chi connectivity index (χ0) is 19.1. The number of likely N-dealkylation sites (tertiary alicyclic amines) is 1. The number of fused-ring (bicyclic) bond motifs is 1. The summed E-state index contributed by atoms with van der Waals surface area (Å²) in [7, 11) is 1.56. The van der Waals surface area contributed by atoms with Gasteiger partial charge in [0.1, 0.15) is 11.2 Å². The van der Waals surface area contributed by atoms with Crippen LogP contribution in [-0.4, -0.2) is 48.2 Å². The van der Waals surface area contributed by atoms with Crippen molar-refractivity contribution in [2.24, 2.45) is 0 Å². The van der Waals surface area contributed by atoms with Crippen LogP contribution >= 0.6 is 15.9 Å². The van der Waals surface area contributed by atoms with Crippen LogP contribution in [-0.2, 0) is 4.74 Å². The number of benzene rings is 1. The first-order chi connectivity index (χ1) is 12.1. The molecule has 1 spiro atoms. The van der Waals surface area contributed by atoms with E-state index in [1.165, 1.54) is 0 Å². The fourth-order valence-corrected chi connectivity index (χ4v) is 3.81. The number of ketones is 1. The predicted molar refractivity (Wildman–Crippen MR) is 100 cm³/mol. The number of Topliss-reactive ketones (excluding diaryl/α,β-unsaturated/α-hetero) is 1. The summed E-state index contributed by atoms with van der Waals surface area (Å²) < 4.78 is 17.9. The van der Waals surface area contributed by atoms with Gasteiger partial charge in [0.2, 0.25) is 0 Å². The number of rotatable bonds is 1. The Bertz CT molecular complexity index is 732. The SMILES string of the molecule is COc1cc(Br)cc2c1OC1(CCN(C(=O)OC(C)(C)C)CC1)CC2=O. The number of halogens is 1. The van der Waals surface area contributed by atoms with Crippen LogP contribution < -0.4 is 9.47 Å². The molecular weight excluding hydrogens is 402 g/mol. The molecule has 0 N–H and O–H groups in total. The van der Waals surface area contributed by atoms with Gasteiger partial charge in [-0.25, -0.2) is 4.79 Å². The molecule has 1 fully saturated rings. The van der Waals surface area contributed by atoms with Crippen molar-refractivity contribution >= 4 is 27.8 Å². The van der Waals surface area contributed by atoms with Gasteiger partial charge < -0.3 is 19.1 Å². The highest BCUT2D eigenvalue weighted by Crippen LogP contribution is 2.45. The van der Waals surface area contributed by atoms with Gasteiger partial charge in [-0.15, -0.1) is 0 Å². The molecule has 26 heavy (non-hydrogen) atoms. The Kier molecular flexibility index (Phi) is 4.94. The molecule has 1 amide bonds. The van der Waals surface area contributed by atoms with E-state index in [2.05, 4.69) is 15.9 Å². The number of carbonyl (C=O) groups excluding carboxylic acids is 2. The summed E-state index contributed by atoms with van der Waals surface area (Å²) in [6.07, 6.45) is 1.14. The topological polar surface area (TPSA) is 65.1 Å². The number of hydrogen-bond acceptors (Lipinski definition) is 5. The van der Waals surface area contributed by atoms with E-state index < -0.39 is 11.2 Å². The number of piperidine rings is 1. The van der Waals surface area contributed by atoms with Gasteiger partial charge in [-0.05, 0) is 32.9 Å². The Morgan fingerprint density at radius 3 is 2.50 bits per heavy atom. The number of methoxy groups -OCH3 is 1. The molecule has 142 valence electrons. The average molecular weight is 426 g/mol. The predicted octanol–water partition coefficient (Wildman–Crippen LogP) is 4.19. The van der Waals surface area contributed by atoms with Gasteiger partial charge in [0.25, 0.3) is 0 Å². The maximum absolute atomic E-state index is 12.7. The Balaban J connectivity index is 1.76. The molecule has 1 saturated heterocycles. The highest BCUT2D eigenvalue weighted by molar-refractivity contribution is 9.10. The minimum Gasteiger partial charge on any atom is -0.493 e. The third kappa shape index (κ3) is 3.82. The van der Waals surface area contributed by atoms with Gasteiger partial charge in [-0.2, -0.15) is 0 Å². The third-order valence-corrected chi connectivity index (χ3v) is 5.13. The lowest BCUT2D eigenvalue weighted by Gasteiger charge is -2.44. The van der Waals surface area contributed by atoms with E-state index in [-0.39, 0.29) is 11.9 Å². The second-order valence-corrected chi connectivity index (χ2v) is 8.75. The molecule has 2 aliphatic rings. The van der Waals surface area contributed by atoms with Crippen molar-refractivity contribution in [3.63, 3.8) is 0 Å². The standard InChI is InChI=1S/C19H24BrNO5/c1-18(2,3)26-17(23)21-7-5-19(6-8-21)11-14(22)13-9-12(20)10-15(24-4)16(13)25-19/h9-10H,5-8,11H2,1-4H3. The van der Waals surface area contributed by atoms with Gasteiger partial charge in [-0.3, -0.25) is 4.79 Å². The van der Waals surface area contributed by atoms with Crippen LogP contribution in [0.25, 0.3) is 0 Å². The normalized spacial score (nSPS) is 19.0. The molecule has 6 nitrogen and oxygen atoms in total. The lowest BCUT2D eigenvalue weighted by Crippen LogP contribution is -2.53. The van der Waals surface area contributed by atoms with Gasteiger partial charge in [0, 0.05) is 30.4 Å². The summed E-state index contributed by atoms with van der Waals surface area (Å²) in [6.45, 7) is 6.54. The van der Waals surface area contributed by atoms with Crippen LogP contribution in [0.15, 0.2) is 16.6 Å². The Morgan fingerprint density at radius 2 is 1.92 bits per heavy atom. The molecule has 0 radical (unpaired) electrons. The molecule has 1 aromatic rings. The van der Waals surface area contributed by atoms with Crippen molar-refractivity contribution in [2.45, 2.75) is 51.2 Å². The lowest BCUT2D eigenvalue weighted by atomic mass is 9.82. The molecule has 7 heteroatoms. The van der Waals surface area contributed by atoms with Crippen molar-refractivity contribution < 1.29 is 23.8 Å². The minimum absolute atomic E-state index is 0.0385. The molecule has 0 unspecified atom stereocenters. The van der Waals surface area contributed by atoms with Crippen molar-refractivity contribution in [3.8, 4) is 11.5 Å². The number of nitrogens with zero attached hydrogens (tertiary/aromatic N) is 1. The van der Waals surface area contributed by atoms with Crippen molar-refractivity contribution in [2.75, 3.05) is 20.2 Å². The van der Waals surface area contributed by atoms with Gasteiger partial charge >= 0.3 is 6.09 Å². The highest BCUT2D eigenvalue weighted by Gasteiger charge is 2.45. The van der Waals surface area contributed by atoms with E-state index in [0.717, 1.165) is 4.47 Å². The molecule has 0 saturated carbocycles. The second-order valence-electron chi connectivity index (χ2n) is 7.84. The summed E-state index contributed by atoms with van der Waals surface area (Å²) in [5.74, 6) is 1.07. The molecule has 0 aromatic heterocycles. The first kappa shape index (κ1) is 19.0. The van der Waals surface area contributed by atoms with Crippen LogP contribution in [0.5, 0.6) is 11.5 Å². The Hall–Kier alpha value is -1.76. The van der Waals surface area contributed by atoms with E-state index in [1.54, 1.807) is 24.1 Å². The zero-order valence-corrected chi connectivity index (χ0v) is 17.1. The van der Waals surface area contributed by atoms with Crippen molar-refractivity contribution in [1.29, 1.82) is 0 Å². The first-order valence-electron chi connectivity index (χ1n) is 8.70. The molecule has 2 aliphatic heterocycles. The second kappa shape index (κ2) is 6.76. The van der Waals surface area contributed by atoms with E-state index in [9.17, 15) is 9.59 Å².